The van der Waals surface area contributed by atoms with Gasteiger partial charge in [0.1, 0.15) is 5.82 Å². The minimum absolute atomic E-state index is 0.202. The molecule has 11 heteroatoms. The first-order valence-corrected chi connectivity index (χ1v) is 10.9. The van der Waals surface area contributed by atoms with Gasteiger partial charge in [-0.3, -0.25) is 9.36 Å². The number of benzene rings is 2. The SMILES string of the molecule is Fc1cccc(Cl)c1Cn1cc(NC(=S)Nc2cnn(Cc3ccc(Cl)cc3Cl)c2)cn1. The zero-order valence-electron chi connectivity index (χ0n) is 16.4. The minimum Gasteiger partial charge on any atom is -0.330 e. The average molecular weight is 510 g/mol. The van der Waals surface area contributed by atoms with Gasteiger partial charge in [0.2, 0.25) is 0 Å². The molecule has 4 rings (SSSR count). The molecular weight excluding hydrogens is 494 g/mol. The van der Waals surface area contributed by atoms with Gasteiger partial charge in [0.05, 0.1) is 36.9 Å². The van der Waals surface area contributed by atoms with Crippen LogP contribution < -0.4 is 10.6 Å². The second kappa shape index (κ2) is 9.87. The predicted octanol–water partition coefficient (Wildman–Crippen LogP) is 6.08. The molecule has 164 valence electrons. The summed E-state index contributed by atoms with van der Waals surface area (Å²) in [6.45, 7) is 0.691. The molecule has 0 bridgehead atoms. The lowest BCUT2D eigenvalue weighted by Gasteiger charge is -2.07. The molecular formula is C21H16Cl3FN6S. The van der Waals surface area contributed by atoms with Crippen molar-refractivity contribution in [3.63, 3.8) is 0 Å². The molecule has 0 saturated carbocycles. The van der Waals surface area contributed by atoms with Crippen molar-refractivity contribution in [3.05, 3.63) is 93.2 Å². The first-order chi connectivity index (χ1) is 15.4. The summed E-state index contributed by atoms with van der Waals surface area (Å²) < 4.78 is 17.3. The van der Waals surface area contributed by atoms with E-state index in [-0.39, 0.29) is 12.4 Å². The molecule has 2 heterocycles. The highest BCUT2D eigenvalue weighted by atomic mass is 35.5. The number of nitrogens with zero attached hydrogens (tertiary/aromatic N) is 4. The van der Waals surface area contributed by atoms with Crippen LogP contribution in [0.25, 0.3) is 0 Å². The summed E-state index contributed by atoms with van der Waals surface area (Å²) in [4.78, 5) is 0. The number of hydrogen-bond donors (Lipinski definition) is 2. The maximum Gasteiger partial charge on any atom is 0.175 e. The normalized spacial score (nSPS) is 10.9. The van der Waals surface area contributed by atoms with Crippen molar-refractivity contribution in [2.45, 2.75) is 13.1 Å². The van der Waals surface area contributed by atoms with E-state index in [9.17, 15) is 4.39 Å². The third-order valence-electron chi connectivity index (χ3n) is 4.51. The molecule has 0 unspecified atom stereocenters. The molecule has 6 nitrogen and oxygen atoms in total. The second-order valence-corrected chi connectivity index (χ2v) is 8.53. The van der Waals surface area contributed by atoms with E-state index in [1.807, 2.05) is 12.3 Å². The maximum atomic E-state index is 14.0. The average Bonchev–Trinajstić information content (AvgIpc) is 3.36. The third-order valence-corrected chi connectivity index (χ3v) is 5.66. The topological polar surface area (TPSA) is 59.7 Å². The summed E-state index contributed by atoms with van der Waals surface area (Å²) in [5, 5.41) is 16.5. The van der Waals surface area contributed by atoms with Crippen LogP contribution in [-0.2, 0) is 13.1 Å². The van der Waals surface area contributed by atoms with E-state index in [0.717, 1.165) is 5.56 Å². The minimum atomic E-state index is -0.378. The van der Waals surface area contributed by atoms with Crippen LogP contribution in [0.4, 0.5) is 15.8 Å². The Morgan fingerprint density at radius 3 is 2.19 bits per heavy atom. The van der Waals surface area contributed by atoms with Crippen LogP contribution in [0, 0.1) is 5.82 Å². The van der Waals surface area contributed by atoms with Crippen LogP contribution in [0.15, 0.2) is 61.2 Å². The largest absolute Gasteiger partial charge is 0.330 e. The van der Waals surface area contributed by atoms with Gasteiger partial charge >= 0.3 is 0 Å². The molecule has 0 amide bonds. The number of thiocarbonyl (C=S) groups is 1. The third kappa shape index (κ3) is 5.58. The summed E-state index contributed by atoms with van der Waals surface area (Å²) in [6, 6.07) is 9.91. The van der Waals surface area contributed by atoms with Gasteiger partial charge in [0, 0.05) is 33.0 Å². The van der Waals surface area contributed by atoms with Crippen LogP contribution in [0.2, 0.25) is 15.1 Å². The Balaban J connectivity index is 1.34. The van der Waals surface area contributed by atoms with E-state index in [0.29, 0.717) is 43.7 Å². The van der Waals surface area contributed by atoms with Gasteiger partial charge < -0.3 is 10.6 Å². The first kappa shape index (κ1) is 22.5. The molecule has 0 radical (unpaired) electrons. The first-order valence-electron chi connectivity index (χ1n) is 9.37. The number of rotatable bonds is 6. The quantitative estimate of drug-likeness (QED) is 0.308. The lowest BCUT2D eigenvalue weighted by atomic mass is 10.2. The zero-order valence-corrected chi connectivity index (χ0v) is 19.5. The van der Waals surface area contributed by atoms with E-state index in [4.69, 9.17) is 47.0 Å². The summed E-state index contributed by atoms with van der Waals surface area (Å²) in [6.07, 6.45) is 6.77. The second-order valence-electron chi connectivity index (χ2n) is 6.87. The van der Waals surface area contributed by atoms with Crippen LogP contribution in [0.5, 0.6) is 0 Å². The van der Waals surface area contributed by atoms with Gasteiger partial charge in [-0.2, -0.15) is 10.2 Å². The lowest BCUT2D eigenvalue weighted by molar-refractivity contribution is 0.585. The van der Waals surface area contributed by atoms with E-state index in [2.05, 4.69) is 20.8 Å². The summed E-state index contributed by atoms with van der Waals surface area (Å²) in [7, 11) is 0. The van der Waals surface area contributed by atoms with Crippen molar-refractivity contribution in [2.75, 3.05) is 10.6 Å². The molecule has 2 N–H and O–H groups in total. The van der Waals surface area contributed by atoms with E-state index < -0.39 is 0 Å². The summed E-state index contributed by atoms with van der Waals surface area (Å²) >= 11 is 23.6. The van der Waals surface area contributed by atoms with Crippen molar-refractivity contribution in [2.24, 2.45) is 0 Å². The molecule has 4 aromatic rings. The monoisotopic (exact) mass is 508 g/mol. The molecule has 0 spiro atoms. The Hall–Kier alpha value is -2.65. The van der Waals surface area contributed by atoms with Gasteiger partial charge in [0.15, 0.2) is 5.11 Å². The lowest BCUT2D eigenvalue weighted by Crippen LogP contribution is -2.18. The van der Waals surface area contributed by atoms with Crippen LogP contribution in [0.3, 0.4) is 0 Å². The number of halogens is 4. The Labute approximate surface area is 203 Å². The smallest absolute Gasteiger partial charge is 0.175 e. The fourth-order valence-electron chi connectivity index (χ4n) is 2.99. The fraction of sp³-hybridized carbons (Fsp3) is 0.0952. The van der Waals surface area contributed by atoms with E-state index >= 15 is 0 Å². The van der Waals surface area contributed by atoms with Crippen molar-refractivity contribution in [1.82, 2.24) is 19.6 Å². The highest BCUT2D eigenvalue weighted by Crippen LogP contribution is 2.22. The van der Waals surface area contributed by atoms with Gasteiger partial charge in [0.25, 0.3) is 0 Å². The molecule has 32 heavy (non-hydrogen) atoms. The highest BCUT2D eigenvalue weighted by molar-refractivity contribution is 7.80. The summed E-state index contributed by atoms with van der Waals surface area (Å²) in [5.74, 6) is -0.378. The number of nitrogens with one attached hydrogen (secondary N) is 2. The van der Waals surface area contributed by atoms with E-state index in [1.165, 1.54) is 6.07 Å². The molecule has 0 fully saturated rings. The Morgan fingerprint density at radius 1 is 0.906 bits per heavy atom. The molecule has 2 aromatic heterocycles. The summed E-state index contributed by atoms with van der Waals surface area (Å²) in [5.41, 5.74) is 2.62. The number of anilines is 2. The highest BCUT2D eigenvalue weighted by Gasteiger charge is 2.10. The van der Waals surface area contributed by atoms with Crippen molar-refractivity contribution >= 4 is 63.5 Å². The van der Waals surface area contributed by atoms with Crippen LogP contribution in [-0.4, -0.2) is 24.7 Å². The molecule has 0 atom stereocenters. The Kier molecular flexibility index (Phi) is 6.95. The molecule has 0 saturated heterocycles. The van der Waals surface area contributed by atoms with Crippen LogP contribution >= 0.6 is 47.0 Å². The van der Waals surface area contributed by atoms with Gasteiger partial charge in [-0.25, -0.2) is 4.39 Å². The Morgan fingerprint density at radius 2 is 1.56 bits per heavy atom. The molecule has 0 aliphatic carbocycles. The molecule has 0 aliphatic heterocycles. The number of aromatic nitrogens is 4. The van der Waals surface area contributed by atoms with Crippen LogP contribution in [0.1, 0.15) is 11.1 Å². The fourth-order valence-corrected chi connectivity index (χ4v) is 3.92. The maximum absolute atomic E-state index is 14.0. The number of hydrogen-bond acceptors (Lipinski definition) is 3. The van der Waals surface area contributed by atoms with Gasteiger partial charge in [-0.15, -0.1) is 0 Å². The standard InChI is InChI=1S/C21H16Cl3FN6S/c22-14-5-4-13(19(24)6-14)9-30-10-15(7-26-30)28-21(32)29-16-8-27-31(11-16)12-17-18(23)2-1-3-20(17)25/h1-8,10-11H,9,12H2,(H2,28,29,32). The van der Waals surface area contributed by atoms with Gasteiger partial charge in [-0.05, 0) is 42.0 Å². The van der Waals surface area contributed by atoms with E-state index in [1.54, 1.807) is 52.2 Å². The van der Waals surface area contributed by atoms with Crippen molar-refractivity contribution < 1.29 is 4.39 Å². The molecule has 0 aliphatic rings. The molecule has 2 aromatic carbocycles. The van der Waals surface area contributed by atoms with Gasteiger partial charge in [-0.1, -0.05) is 46.9 Å². The Bertz CT molecular complexity index is 1250. The van der Waals surface area contributed by atoms with Crippen molar-refractivity contribution in [3.8, 4) is 0 Å². The van der Waals surface area contributed by atoms with Crippen molar-refractivity contribution in [1.29, 1.82) is 0 Å². The predicted molar refractivity (Wildman–Crippen MR) is 130 cm³/mol. The zero-order chi connectivity index (χ0) is 22.7.